The van der Waals surface area contributed by atoms with Gasteiger partial charge in [-0.2, -0.15) is 0 Å². The summed E-state index contributed by atoms with van der Waals surface area (Å²) >= 11 is 3.68. The number of hydrogen-bond acceptors (Lipinski definition) is 1. The highest BCUT2D eigenvalue weighted by molar-refractivity contribution is 9.10. The first-order valence-corrected chi connectivity index (χ1v) is 10.8. The summed E-state index contributed by atoms with van der Waals surface area (Å²) < 4.78 is 2.78. The molecule has 0 aliphatic rings. The van der Waals surface area contributed by atoms with E-state index >= 15 is 0 Å². The Morgan fingerprint density at radius 1 is 0.710 bits per heavy atom. The second-order valence-electron chi connectivity index (χ2n) is 7.25. The average Bonchev–Trinajstić information content (AvgIpc) is 3.13. The number of nitrogens with zero attached hydrogens (tertiary/aromatic N) is 1. The molecule has 1 amide bonds. The quantitative estimate of drug-likeness (QED) is 0.295. The number of para-hydroxylation sites is 2. The second kappa shape index (κ2) is 8.25. The maximum absolute atomic E-state index is 13.5. The third kappa shape index (κ3) is 3.66. The lowest BCUT2D eigenvalue weighted by atomic mass is 10.1. The molecule has 1 N–H and O–H groups in total. The van der Waals surface area contributed by atoms with Crippen molar-refractivity contribution in [2.24, 2.45) is 0 Å². The Kier molecular flexibility index (Phi) is 5.14. The Labute approximate surface area is 189 Å². The fourth-order valence-electron chi connectivity index (χ4n) is 3.84. The Morgan fingerprint density at radius 2 is 1.35 bits per heavy atom. The zero-order chi connectivity index (χ0) is 21.2. The van der Waals surface area contributed by atoms with Crippen LogP contribution in [0.2, 0.25) is 0 Å². The van der Waals surface area contributed by atoms with Crippen LogP contribution in [0, 0.1) is 0 Å². The van der Waals surface area contributed by atoms with Crippen molar-refractivity contribution in [3.63, 3.8) is 0 Å². The van der Waals surface area contributed by atoms with Gasteiger partial charge >= 0.3 is 0 Å². The summed E-state index contributed by atoms with van der Waals surface area (Å²) in [7, 11) is 0. The van der Waals surface area contributed by atoms with Crippen LogP contribution in [0.5, 0.6) is 0 Å². The molecule has 5 aromatic rings. The Morgan fingerprint density at radius 3 is 2.13 bits per heavy atom. The van der Waals surface area contributed by atoms with E-state index < -0.39 is 0 Å². The smallest absolute Gasteiger partial charge is 0.273 e. The highest BCUT2D eigenvalue weighted by atomic mass is 79.9. The van der Waals surface area contributed by atoms with Crippen molar-refractivity contribution in [2.45, 2.75) is 0 Å². The number of halogens is 1. The summed E-state index contributed by atoms with van der Waals surface area (Å²) in [5, 5.41) is 4.09. The van der Waals surface area contributed by atoms with Crippen LogP contribution in [0.15, 0.2) is 114 Å². The van der Waals surface area contributed by atoms with Gasteiger partial charge in [0.25, 0.3) is 5.91 Å². The Balaban J connectivity index is 1.58. The van der Waals surface area contributed by atoms with Crippen LogP contribution < -0.4 is 5.32 Å². The van der Waals surface area contributed by atoms with Gasteiger partial charge in [0.2, 0.25) is 0 Å². The van der Waals surface area contributed by atoms with Crippen molar-refractivity contribution in [1.29, 1.82) is 0 Å². The summed E-state index contributed by atoms with van der Waals surface area (Å²) in [5.41, 5.74) is 5.40. The SMILES string of the molecule is O=C(Nc1cccc(-c2ccccc2)c1)c1c(Br)c2ccccc2n1-c1ccccc1. The van der Waals surface area contributed by atoms with Crippen molar-refractivity contribution in [3.8, 4) is 16.8 Å². The van der Waals surface area contributed by atoms with Gasteiger partial charge in [-0.25, -0.2) is 0 Å². The van der Waals surface area contributed by atoms with E-state index in [0.717, 1.165) is 37.9 Å². The summed E-state index contributed by atoms with van der Waals surface area (Å²) in [6, 6.07) is 36.0. The summed E-state index contributed by atoms with van der Waals surface area (Å²) in [6.07, 6.45) is 0. The van der Waals surface area contributed by atoms with Crippen molar-refractivity contribution < 1.29 is 4.79 Å². The molecule has 0 bridgehead atoms. The van der Waals surface area contributed by atoms with E-state index in [1.807, 2.05) is 102 Å². The molecule has 0 saturated heterocycles. The highest BCUT2D eigenvalue weighted by Gasteiger charge is 2.22. The van der Waals surface area contributed by atoms with Gasteiger partial charge in [0.05, 0.1) is 9.99 Å². The summed E-state index contributed by atoms with van der Waals surface area (Å²) in [5.74, 6) is -0.169. The third-order valence-electron chi connectivity index (χ3n) is 5.27. The van der Waals surface area contributed by atoms with Crippen LogP contribution in [0.4, 0.5) is 5.69 Å². The molecule has 0 fully saturated rings. The van der Waals surface area contributed by atoms with E-state index in [1.54, 1.807) is 0 Å². The largest absolute Gasteiger partial charge is 0.321 e. The maximum atomic E-state index is 13.5. The normalized spacial score (nSPS) is 10.9. The fraction of sp³-hybridized carbons (Fsp3) is 0. The number of nitrogens with one attached hydrogen (secondary N) is 1. The first-order chi connectivity index (χ1) is 15.2. The van der Waals surface area contributed by atoms with Gasteiger partial charge in [-0.1, -0.05) is 78.9 Å². The van der Waals surface area contributed by atoms with Gasteiger partial charge in [-0.05, 0) is 57.4 Å². The molecule has 0 aliphatic heterocycles. The third-order valence-corrected chi connectivity index (χ3v) is 6.07. The van der Waals surface area contributed by atoms with Gasteiger partial charge in [0.1, 0.15) is 5.69 Å². The lowest BCUT2D eigenvalue weighted by Gasteiger charge is -2.12. The molecule has 0 radical (unpaired) electrons. The van der Waals surface area contributed by atoms with Crippen LogP contribution in [0.25, 0.3) is 27.7 Å². The van der Waals surface area contributed by atoms with Crippen LogP contribution >= 0.6 is 15.9 Å². The van der Waals surface area contributed by atoms with Crippen LogP contribution in [-0.4, -0.2) is 10.5 Å². The Hall–Kier alpha value is -3.63. The zero-order valence-electron chi connectivity index (χ0n) is 16.6. The first kappa shape index (κ1) is 19.3. The highest BCUT2D eigenvalue weighted by Crippen LogP contribution is 2.34. The lowest BCUT2D eigenvalue weighted by Crippen LogP contribution is -2.17. The van der Waals surface area contributed by atoms with Gasteiger partial charge in [0, 0.05) is 16.8 Å². The molecule has 1 heterocycles. The molecule has 0 saturated carbocycles. The number of amides is 1. The molecule has 0 unspecified atom stereocenters. The first-order valence-electron chi connectivity index (χ1n) is 10.0. The van der Waals surface area contributed by atoms with Gasteiger partial charge in [-0.3, -0.25) is 4.79 Å². The van der Waals surface area contributed by atoms with Gasteiger partial charge < -0.3 is 9.88 Å². The van der Waals surface area contributed by atoms with Crippen molar-refractivity contribution in [3.05, 3.63) is 119 Å². The molecule has 0 spiro atoms. The van der Waals surface area contributed by atoms with E-state index in [1.165, 1.54) is 0 Å². The number of carbonyl (C=O) groups is 1. The van der Waals surface area contributed by atoms with Crippen LogP contribution in [-0.2, 0) is 0 Å². The number of carbonyl (C=O) groups excluding carboxylic acids is 1. The second-order valence-corrected chi connectivity index (χ2v) is 8.04. The number of anilines is 1. The van der Waals surface area contributed by atoms with Crippen molar-refractivity contribution in [1.82, 2.24) is 4.57 Å². The van der Waals surface area contributed by atoms with E-state index in [4.69, 9.17) is 0 Å². The molecular formula is C27H19BrN2O. The number of hydrogen-bond donors (Lipinski definition) is 1. The number of aromatic nitrogens is 1. The fourth-order valence-corrected chi connectivity index (χ4v) is 4.54. The summed E-state index contributed by atoms with van der Waals surface area (Å²) in [4.78, 5) is 13.5. The molecule has 3 nitrogen and oxygen atoms in total. The lowest BCUT2D eigenvalue weighted by molar-refractivity contribution is 0.102. The molecular weight excluding hydrogens is 448 g/mol. The van der Waals surface area contributed by atoms with E-state index in [9.17, 15) is 4.79 Å². The van der Waals surface area contributed by atoms with E-state index in [2.05, 4.69) is 33.4 Å². The van der Waals surface area contributed by atoms with E-state index in [-0.39, 0.29) is 5.91 Å². The minimum atomic E-state index is -0.169. The molecule has 31 heavy (non-hydrogen) atoms. The molecule has 150 valence electrons. The van der Waals surface area contributed by atoms with Crippen molar-refractivity contribution in [2.75, 3.05) is 5.32 Å². The minimum absolute atomic E-state index is 0.169. The zero-order valence-corrected chi connectivity index (χ0v) is 18.2. The van der Waals surface area contributed by atoms with Crippen molar-refractivity contribution >= 4 is 38.4 Å². The molecule has 4 heteroatoms. The van der Waals surface area contributed by atoms with E-state index in [0.29, 0.717) is 5.69 Å². The monoisotopic (exact) mass is 466 g/mol. The van der Waals surface area contributed by atoms with Gasteiger partial charge in [0.15, 0.2) is 0 Å². The molecule has 1 aromatic heterocycles. The molecule has 0 atom stereocenters. The van der Waals surface area contributed by atoms with Crippen LogP contribution in [0.3, 0.4) is 0 Å². The molecule has 4 aromatic carbocycles. The minimum Gasteiger partial charge on any atom is -0.321 e. The predicted octanol–water partition coefficient (Wildman–Crippen LogP) is 7.31. The standard InChI is InChI=1S/C27H19BrN2O/c28-25-23-16-7-8-17-24(23)30(22-14-5-2-6-15-22)26(25)27(31)29-21-13-9-12-20(18-21)19-10-3-1-4-11-19/h1-18H,(H,29,31). The average molecular weight is 467 g/mol. The summed E-state index contributed by atoms with van der Waals surface area (Å²) in [6.45, 7) is 0. The Bertz CT molecular complexity index is 1370. The number of rotatable bonds is 4. The van der Waals surface area contributed by atoms with Crippen LogP contribution in [0.1, 0.15) is 10.5 Å². The number of fused-ring (bicyclic) bond motifs is 1. The molecule has 5 rings (SSSR count). The number of benzene rings is 4. The van der Waals surface area contributed by atoms with Gasteiger partial charge in [-0.15, -0.1) is 0 Å². The molecule has 0 aliphatic carbocycles. The topological polar surface area (TPSA) is 34.0 Å². The predicted molar refractivity (Wildman–Crippen MR) is 131 cm³/mol. The maximum Gasteiger partial charge on any atom is 0.273 e.